The van der Waals surface area contributed by atoms with Gasteiger partial charge in [-0.05, 0) is 13.0 Å². The van der Waals surface area contributed by atoms with E-state index in [1.807, 2.05) is 0 Å². The molecule has 0 amide bonds. The number of fused-ring (bicyclic) bond motifs is 3. The van der Waals surface area contributed by atoms with Crippen molar-refractivity contribution in [3.63, 3.8) is 0 Å². The predicted molar refractivity (Wildman–Crippen MR) is 54.5 cm³/mol. The van der Waals surface area contributed by atoms with Crippen molar-refractivity contribution < 1.29 is 4.68 Å². The lowest BCUT2D eigenvalue weighted by Gasteiger charge is -1.95. The van der Waals surface area contributed by atoms with Gasteiger partial charge < -0.3 is 0 Å². The zero-order valence-corrected chi connectivity index (χ0v) is 8.49. The molecule has 14 heavy (non-hydrogen) atoms. The lowest BCUT2D eigenvalue weighted by Crippen LogP contribution is -2.40. The van der Waals surface area contributed by atoms with Crippen LogP contribution in [0, 0.1) is 13.8 Å². The normalized spacial score (nSPS) is 12.7. The molecule has 0 bridgehead atoms. The van der Waals surface area contributed by atoms with E-state index in [1.165, 1.54) is 22.6 Å². The average Bonchev–Trinajstić information content (AvgIpc) is 2.66. The summed E-state index contributed by atoms with van der Waals surface area (Å²) < 4.78 is 4.62. The molecule has 2 heteroatoms. The fourth-order valence-electron chi connectivity index (χ4n) is 2.31. The average molecular weight is 185 g/mol. The van der Waals surface area contributed by atoms with Crippen LogP contribution in [0.15, 0.2) is 30.3 Å². The summed E-state index contributed by atoms with van der Waals surface area (Å²) in [6.45, 7) is 5.33. The SMILES string of the molecule is Cc1cc(C)[n+]2n1-c1ccccc1C2. The lowest BCUT2D eigenvalue weighted by molar-refractivity contribution is -0.757. The van der Waals surface area contributed by atoms with Crippen LogP contribution in [0.1, 0.15) is 17.0 Å². The van der Waals surface area contributed by atoms with Crippen LogP contribution < -0.4 is 4.68 Å². The first-order valence-electron chi connectivity index (χ1n) is 4.95. The summed E-state index contributed by atoms with van der Waals surface area (Å²) in [5.41, 5.74) is 5.39. The van der Waals surface area contributed by atoms with Gasteiger partial charge in [-0.2, -0.15) is 0 Å². The van der Waals surface area contributed by atoms with Gasteiger partial charge in [0.15, 0.2) is 6.54 Å². The molecule has 0 saturated heterocycles. The maximum Gasteiger partial charge on any atom is 0.205 e. The molecule has 1 aliphatic rings. The minimum atomic E-state index is 1.01. The van der Waals surface area contributed by atoms with E-state index >= 15 is 0 Å². The molecule has 0 aliphatic carbocycles. The predicted octanol–water partition coefficient (Wildman–Crippen LogP) is 1.74. The first kappa shape index (κ1) is 7.80. The lowest BCUT2D eigenvalue weighted by atomic mass is 10.2. The zero-order chi connectivity index (χ0) is 9.71. The highest BCUT2D eigenvalue weighted by Gasteiger charge is 2.28. The molecule has 1 aromatic heterocycles. The minimum absolute atomic E-state index is 1.01. The van der Waals surface area contributed by atoms with Crippen molar-refractivity contribution in [1.82, 2.24) is 4.68 Å². The second-order valence-electron chi connectivity index (χ2n) is 3.93. The first-order chi connectivity index (χ1) is 6.77. The molecule has 0 saturated carbocycles. The number of rotatable bonds is 0. The van der Waals surface area contributed by atoms with E-state index in [-0.39, 0.29) is 0 Å². The Morgan fingerprint density at radius 1 is 1.21 bits per heavy atom. The maximum atomic E-state index is 2.32. The second kappa shape index (κ2) is 2.47. The van der Waals surface area contributed by atoms with E-state index in [0.29, 0.717) is 0 Å². The largest absolute Gasteiger partial charge is 0.205 e. The molecular formula is C12H13N2+. The highest BCUT2D eigenvalue weighted by Crippen LogP contribution is 2.20. The van der Waals surface area contributed by atoms with Crippen molar-refractivity contribution in [2.45, 2.75) is 20.4 Å². The van der Waals surface area contributed by atoms with Crippen LogP contribution in [0.5, 0.6) is 0 Å². The summed E-state index contributed by atoms with van der Waals surface area (Å²) in [6.07, 6.45) is 0. The molecule has 0 spiro atoms. The molecular weight excluding hydrogens is 172 g/mol. The number of nitrogens with zero attached hydrogens (tertiary/aromatic N) is 2. The third-order valence-electron chi connectivity index (χ3n) is 2.94. The van der Waals surface area contributed by atoms with Gasteiger partial charge >= 0.3 is 0 Å². The Morgan fingerprint density at radius 2 is 2.00 bits per heavy atom. The summed E-state index contributed by atoms with van der Waals surface area (Å²) in [7, 11) is 0. The van der Waals surface area contributed by atoms with E-state index in [9.17, 15) is 0 Å². The Balaban J connectivity index is 2.35. The maximum absolute atomic E-state index is 2.32. The van der Waals surface area contributed by atoms with Gasteiger partial charge in [0, 0.05) is 18.6 Å². The van der Waals surface area contributed by atoms with Gasteiger partial charge in [0.05, 0.1) is 5.69 Å². The smallest absolute Gasteiger partial charge is 0.125 e. The summed E-state index contributed by atoms with van der Waals surface area (Å²) in [5, 5.41) is 0. The molecule has 2 heterocycles. The van der Waals surface area contributed by atoms with Gasteiger partial charge in [-0.3, -0.25) is 0 Å². The molecule has 0 atom stereocenters. The number of aromatic nitrogens is 2. The first-order valence-corrected chi connectivity index (χ1v) is 4.95. The topological polar surface area (TPSA) is 8.81 Å². The molecule has 0 fully saturated rings. The van der Waals surface area contributed by atoms with Crippen molar-refractivity contribution in [2.75, 3.05) is 0 Å². The highest BCUT2D eigenvalue weighted by molar-refractivity contribution is 5.42. The van der Waals surface area contributed by atoms with Gasteiger partial charge in [0.2, 0.25) is 5.69 Å². The quantitative estimate of drug-likeness (QED) is 0.472. The zero-order valence-electron chi connectivity index (χ0n) is 8.49. The van der Waals surface area contributed by atoms with Crippen LogP contribution in [0.3, 0.4) is 0 Å². The molecule has 1 aromatic carbocycles. The Hall–Kier alpha value is -1.57. The number of hydrogen-bond acceptors (Lipinski definition) is 0. The Bertz CT molecular complexity index is 509. The van der Waals surface area contributed by atoms with Gasteiger partial charge in [-0.25, -0.2) is 0 Å². The highest BCUT2D eigenvalue weighted by atomic mass is 15.4. The molecule has 0 unspecified atom stereocenters. The van der Waals surface area contributed by atoms with Gasteiger partial charge in [-0.15, -0.1) is 9.36 Å². The van der Waals surface area contributed by atoms with E-state index in [4.69, 9.17) is 0 Å². The van der Waals surface area contributed by atoms with Gasteiger partial charge in [0.1, 0.15) is 5.69 Å². The van der Waals surface area contributed by atoms with Crippen LogP contribution in [0.4, 0.5) is 0 Å². The Kier molecular flexibility index (Phi) is 1.38. The Labute approximate surface area is 83.4 Å². The van der Waals surface area contributed by atoms with Crippen molar-refractivity contribution >= 4 is 0 Å². The second-order valence-corrected chi connectivity index (χ2v) is 3.93. The van der Waals surface area contributed by atoms with Gasteiger partial charge in [-0.1, -0.05) is 18.2 Å². The summed E-state index contributed by atoms with van der Waals surface area (Å²) in [4.78, 5) is 0. The third kappa shape index (κ3) is 0.830. The molecule has 0 N–H and O–H groups in total. The number of hydrogen-bond donors (Lipinski definition) is 0. The molecule has 0 radical (unpaired) electrons. The van der Waals surface area contributed by atoms with Crippen LogP contribution in [0.25, 0.3) is 5.69 Å². The molecule has 3 rings (SSSR count). The van der Waals surface area contributed by atoms with E-state index in [2.05, 4.69) is 53.5 Å². The Morgan fingerprint density at radius 3 is 2.86 bits per heavy atom. The van der Waals surface area contributed by atoms with Crippen molar-refractivity contribution in [2.24, 2.45) is 0 Å². The van der Waals surface area contributed by atoms with Crippen LogP contribution in [-0.2, 0) is 6.54 Å². The third-order valence-corrected chi connectivity index (χ3v) is 2.94. The molecule has 70 valence electrons. The van der Waals surface area contributed by atoms with E-state index in [0.717, 1.165) is 6.54 Å². The standard InChI is InChI=1S/C12H13N2/c1-9-7-10(2)14-12-6-4-3-5-11(12)8-13(9)14/h3-7H,8H2,1-2H3/q+1. The number of benzene rings is 1. The van der Waals surface area contributed by atoms with Crippen molar-refractivity contribution in [3.05, 3.63) is 47.3 Å². The fourth-order valence-corrected chi connectivity index (χ4v) is 2.31. The van der Waals surface area contributed by atoms with Crippen molar-refractivity contribution in [1.29, 1.82) is 0 Å². The van der Waals surface area contributed by atoms with Crippen LogP contribution in [-0.4, -0.2) is 4.68 Å². The van der Waals surface area contributed by atoms with E-state index < -0.39 is 0 Å². The van der Waals surface area contributed by atoms with E-state index in [1.54, 1.807) is 0 Å². The minimum Gasteiger partial charge on any atom is -0.125 e. The summed E-state index contributed by atoms with van der Waals surface area (Å²) in [6, 6.07) is 10.8. The fraction of sp³-hybridized carbons (Fsp3) is 0.250. The van der Waals surface area contributed by atoms with Crippen molar-refractivity contribution in [3.8, 4) is 5.69 Å². The van der Waals surface area contributed by atoms with Crippen LogP contribution in [0.2, 0.25) is 0 Å². The number of para-hydroxylation sites is 1. The van der Waals surface area contributed by atoms with Crippen LogP contribution >= 0.6 is 0 Å². The monoisotopic (exact) mass is 185 g/mol. The molecule has 2 nitrogen and oxygen atoms in total. The number of aryl methyl sites for hydroxylation is 2. The molecule has 1 aliphatic heterocycles. The summed E-state index contributed by atoms with van der Waals surface area (Å²) >= 11 is 0. The summed E-state index contributed by atoms with van der Waals surface area (Å²) in [5.74, 6) is 0. The molecule has 2 aromatic rings. The van der Waals surface area contributed by atoms with Gasteiger partial charge in [0.25, 0.3) is 0 Å².